The second-order valence-electron chi connectivity index (χ2n) is 7.42. The molecule has 0 bridgehead atoms. The van der Waals surface area contributed by atoms with Gasteiger partial charge in [-0.3, -0.25) is 4.68 Å². The number of carbonyl (C=O) groups is 1. The Bertz CT molecular complexity index is 1380. The Labute approximate surface area is 217 Å². The van der Waals surface area contributed by atoms with E-state index in [9.17, 15) is 31.1 Å². The van der Waals surface area contributed by atoms with Crippen LogP contribution in [0.5, 0.6) is 5.75 Å². The molecular formula is C23H19ClF6N4O4. The maximum atomic E-state index is 12.9. The van der Waals surface area contributed by atoms with Gasteiger partial charge in [-0.05, 0) is 29.8 Å². The molecule has 0 unspecified atom stereocenters. The molecule has 0 aliphatic heterocycles. The molecule has 0 atom stereocenters. The quantitative estimate of drug-likeness (QED) is 0.285. The summed E-state index contributed by atoms with van der Waals surface area (Å²) in [5.74, 6) is -0.143. The van der Waals surface area contributed by atoms with Crippen LogP contribution in [-0.4, -0.2) is 33.1 Å². The lowest BCUT2D eigenvalue weighted by atomic mass is 10.0. The number of nitrogens with zero attached hydrogens (tertiary/aromatic N) is 3. The average Bonchev–Trinajstić information content (AvgIpc) is 3.48. The molecule has 2 heterocycles. The van der Waals surface area contributed by atoms with Gasteiger partial charge in [0.25, 0.3) is 0 Å². The van der Waals surface area contributed by atoms with E-state index in [0.717, 1.165) is 10.7 Å². The monoisotopic (exact) mass is 564 g/mol. The lowest BCUT2D eigenvalue weighted by molar-refractivity contribution is -0.143. The first-order chi connectivity index (χ1) is 17.3. The van der Waals surface area contributed by atoms with Crippen LogP contribution in [0.3, 0.4) is 0 Å². The van der Waals surface area contributed by atoms with E-state index >= 15 is 0 Å². The molecule has 15 heteroatoms. The Morgan fingerprint density at radius 1 is 1.08 bits per heavy atom. The maximum Gasteiger partial charge on any atom is 0.416 e. The number of rotatable bonds is 5. The van der Waals surface area contributed by atoms with Crippen LogP contribution in [0.4, 0.5) is 32.0 Å². The van der Waals surface area contributed by atoms with Gasteiger partial charge in [0.2, 0.25) is 0 Å². The van der Waals surface area contributed by atoms with Crippen LogP contribution < -0.4 is 10.5 Å². The first-order valence-corrected chi connectivity index (χ1v) is 10.2. The van der Waals surface area contributed by atoms with E-state index in [2.05, 4.69) is 10.3 Å². The molecule has 38 heavy (non-hydrogen) atoms. The summed E-state index contributed by atoms with van der Waals surface area (Å²) in [5, 5.41) is 15.9. The summed E-state index contributed by atoms with van der Waals surface area (Å²) < 4.78 is 87.5. The van der Waals surface area contributed by atoms with Crippen molar-refractivity contribution in [2.75, 3.05) is 12.8 Å². The molecule has 204 valence electrons. The highest BCUT2D eigenvalue weighted by Crippen LogP contribution is 2.37. The Morgan fingerprint density at radius 3 is 2.29 bits per heavy atom. The average molecular weight is 565 g/mol. The predicted molar refractivity (Wildman–Crippen MR) is 125 cm³/mol. The van der Waals surface area contributed by atoms with Crippen LogP contribution in [0.2, 0.25) is 0 Å². The van der Waals surface area contributed by atoms with Crippen molar-refractivity contribution < 1.29 is 45.5 Å². The number of methoxy groups -OCH3 is 1. The number of anilines is 1. The topological polar surface area (TPSA) is 116 Å². The van der Waals surface area contributed by atoms with Gasteiger partial charge in [0, 0.05) is 12.3 Å². The van der Waals surface area contributed by atoms with Crippen LogP contribution in [0.25, 0.3) is 11.3 Å². The third-order valence-electron chi connectivity index (χ3n) is 4.83. The molecule has 4 aromatic rings. The van der Waals surface area contributed by atoms with Crippen LogP contribution in [0.1, 0.15) is 27.2 Å². The van der Waals surface area contributed by atoms with E-state index in [1.165, 1.54) is 25.6 Å². The largest absolute Gasteiger partial charge is 0.496 e. The molecule has 0 radical (unpaired) electrons. The number of carboxylic acid groups (broad SMARTS) is 1. The second kappa shape index (κ2) is 11.9. The Morgan fingerprint density at radius 2 is 1.76 bits per heavy atom. The van der Waals surface area contributed by atoms with E-state index in [1.54, 1.807) is 18.2 Å². The zero-order chi connectivity index (χ0) is 27.4. The summed E-state index contributed by atoms with van der Waals surface area (Å²) in [7, 11) is 1.54. The first kappa shape index (κ1) is 30.0. The highest BCUT2D eigenvalue weighted by molar-refractivity contribution is 5.86. The number of nitrogens with two attached hydrogens (primary N) is 1. The molecule has 0 fully saturated rings. The summed E-state index contributed by atoms with van der Waals surface area (Å²) in [6.07, 6.45) is -7.21. The molecule has 0 amide bonds. The van der Waals surface area contributed by atoms with E-state index in [4.69, 9.17) is 20.1 Å². The highest BCUT2D eigenvalue weighted by atomic mass is 35.5. The number of benzene rings is 2. The molecule has 0 saturated carbocycles. The van der Waals surface area contributed by atoms with Crippen molar-refractivity contribution in [3.05, 3.63) is 83.3 Å². The summed E-state index contributed by atoms with van der Waals surface area (Å²) in [4.78, 5) is 10.6. The van der Waals surface area contributed by atoms with Gasteiger partial charge in [0.1, 0.15) is 5.75 Å². The van der Waals surface area contributed by atoms with E-state index < -0.39 is 29.4 Å². The number of alkyl halides is 6. The van der Waals surface area contributed by atoms with Crippen molar-refractivity contribution >= 4 is 24.1 Å². The van der Waals surface area contributed by atoms with Crippen molar-refractivity contribution in [2.24, 2.45) is 0 Å². The normalized spacial score (nSPS) is 11.2. The van der Waals surface area contributed by atoms with Gasteiger partial charge in [-0.15, -0.1) is 12.4 Å². The zero-order valence-electron chi connectivity index (χ0n) is 19.2. The molecule has 8 nitrogen and oxygen atoms in total. The van der Waals surface area contributed by atoms with Crippen molar-refractivity contribution in [3.8, 4) is 17.1 Å². The molecule has 0 aliphatic rings. The Hall–Kier alpha value is -4.20. The molecule has 0 spiro atoms. The van der Waals surface area contributed by atoms with E-state index in [1.807, 2.05) is 6.07 Å². The number of halogens is 7. The Balaban J connectivity index is 0.000000269. The summed E-state index contributed by atoms with van der Waals surface area (Å²) >= 11 is 0. The van der Waals surface area contributed by atoms with Crippen LogP contribution in [0.15, 0.2) is 65.4 Å². The van der Waals surface area contributed by atoms with Crippen LogP contribution in [-0.2, 0) is 18.9 Å². The van der Waals surface area contributed by atoms with Gasteiger partial charge in [-0.2, -0.15) is 31.4 Å². The van der Waals surface area contributed by atoms with Gasteiger partial charge in [-0.1, -0.05) is 23.4 Å². The number of para-hydroxylation sites is 1. The fraction of sp³-hybridized carbons (Fsp3) is 0.174. The van der Waals surface area contributed by atoms with Crippen molar-refractivity contribution in [1.82, 2.24) is 14.9 Å². The third kappa shape index (κ3) is 7.41. The first-order valence-electron chi connectivity index (χ1n) is 10.2. The fourth-order valence-electron chi connectivity index (χ4n) is 3.15. The number of aromatic carboxylic acids is 1. The van der Waals surface area contributed by atoms with Gasteiger partial charge in [0.05, 0.1) is 42.2 Å². The second-order valence-corrected chi connectivity index (χ2v) is 7.42. The van der Waals surface area contributed by atoms with E-state index in [-0.39, 0.29) is 42.0 Å². The fourth-order valence-corrected chi connectivity index (χ4v) is 3.15. The minimum atomic E-state index is -4.89. The van der Waals surface area contributed by atoms with Crippen LogP contribution >= 0.6 is 12.4 Å². The van der Waals surface area contributed by atoms with Gasteiger partial charge in [-0.25, -0.2) is 4.79 Å². The molecule has 3 N–H and O–H groups in total. The van der Waals surface area contributed by atoms with E-state index in [0.29, 0.717) is 23.1 Å². The number of carboxylic acids is 1. The number of hydrogen-bond donors (Lipinski definition) is 2. The molecule has 4 rings (SSSR count). The maximum absolute atomic E-state index is 12.9. The standard InChI is InChI=1S/C12H9F6N3.C11H9NO4.ClH/c13-11(14,15)8-2-1-7(10(3-8)12(16,17)18)5-21-6-9(19)4-20-21;1-15-9-5-3-2-4-7(9)10-6-8(11(13)14)12-16-10;/h1-4,6H,5,19H2;2-6H,1H3,(H,13,14);1H. The number of nitrogen functional groups attached to an aromatic ring is 1. The lowest BCUT2D eigenvalue weighted by Crippen LogP contribution is -2.15. The molecule has 0 aliphatic carbocycles. The molecule has 2 aromatic carbocycles. The number of ether oxygens (including phenoxy) is 1. The van der Waals surface area contributed by atoms with Crippen molar-refractivity contribution in [3.63, 3.8) is 0 Å². The van der Waals surface area contributed by atoms with Gasteiger partial charge >= 0.3 is 18.3 Å². The third-order valence-corrected chi connectivity index (χ3v) is 4.83. The number of aromatic nitrogens is 3. The summed E-state index contributed by atoms with van der Waals surface area (Å²) in [5.41, 5.74) is 3.17. The minimum absolute atomic E-state index is 0. The molecule has 2 aromatic heterocycles. The molecular weight excluding hydrogens is 546 g/mol. The van der Waals surface area contributed by atoms with Crippen molar-refractivity contribution in [1.29, 1.82) is 0 Å². The van der Waals surface area contributed by atoms with Gasteiger partial charge < -0.3 is 20.1 Å². The minimum Gasteiger partial charge on any atom is -0.496 e. The predicted octanol–water partition coefficient (Wildman–Crippen LogP) is 6.02. The molecule has 0 saturated heterocycles. The van der Waals surface area contributed by atoms with Crippen molar-refractivity contribution in [2.45, 2.75) is 18.9 Å². The smallest absolute Gasteiger partial charge is 0.416 e. The Kier molecular flexibility index (Phi) is 9.40. The summed E-state index contributed by atoms with van der Waals surface area (Å²) in [6, 6.07) is 10.0. The SMILES string of the molecule is COc1ccccc1-c1cc(C(=O)O)no1.Cl.Nc1cnn(Cc2ccc(C(F)(F)F)cc2C(F)(F)F)c1. The lowest BCUT2D eigenvalue weighted by Gasteiger charge is -2.16. The van der Waals surface area contributed by atoms with Crippen LogP contribution in [0, 0.1) is 0 Å². The van der Waals surface area contributed by atoms with Gasteiger partial charge in [0.15, 0.2) is 11.5 Å². The highest BCUT2D eigenvalue weighted by Gasteiger charge is 2.38. The summed E-state index contributed by atoms with van der Waals surface area (Å²) in [6.45, 7) is -0.329. The number of hydrogen-bond acceptors (Lipinski definition) is 6. The zero-order valence-corrected chi connectivity index (χ0v) is 20.1.